The molecule has 0 saturated heterocycles. The smallest absolute Gasteiger partial charge is 0.244 e. The van der Waals surface area contributed by atoms with Gasteiger partial charge in [-0.3, -0.25) is 13.9 Å². The van der Waals surface area contributed by atoms with Gasteiger partial charge < -0.3 is 10.2 Å². The van der Waals surface area contributed by atoms with Crippen LogP contribution in [-0.4, -0.2) is 50.5 Å². The molecule has 2 amide bonds. The van der Waals surface area contributed by atoms with E-state index in [9.17, 15) is 18.0 Å². The number of nitrogens with zero attached hydrogens (tertiary/aromatic N) is 2. The molecule has 0 saturated carbocycles. The predicted octanol–water partition coefficient (Wildman–Crippen LogP) is 4.40. The first-order valence-electron chi connectivity index (χ1n) is 11.0. The van der Waals surface area contributed by atoms with E-state index in [2.05, 4.69) is 5.32 Å². The van der Waals surface area contributed by atoms with Crippen molar-refractivity contribution in [3.8, 4) is 0 Å². The highest BCUT2D eigenvalue weighted by molar-refractivity contribution is 7.92. The Morgan fingerprint density at radius 3 is 2.38 bits per heavy atom. The lowest BCUT2D eigenvalue weighted by atomic mass is 10.1. The van der Waals surface area contributed by atoms with Gasteiger partial charge in [0.1, 0.15) is 12.6 Å². The Morgan fingerprint density at radius 2 is 1.76 bits per heavy atom. The van der Waals surface area contributed by atoms with Crippen LogP contribution in [-0.2, 0) is 26.2 Å². The number of nitrogens with one attached hydrogen (secondary N) is 1. The van der Waals surface area contributed by atoms with Gasteiger partial charge in [0.15, 0.2) is 0 Å². The number of benzene rings is 2. The lowest BCUT2D eigenvalue weighted by molar-refractivity contribution is -0.139. The van der Waals surface area contributed by atoms with Crippen molar-refractivity contribution in [1.29, 1.82) is 0 Å². The summed E-state index contributed by atoms with van der Waals surface area (Å²) in [6, 6.07) is 11.0. The van der Waals surface area contributed by atoms with Crippen LogP contribution in [0, 0.1) is 6.92 Å². The third-order valence-electron chi connectivity index (χ3n) is 5.36. The SMILES string of the molecule is CCCCNC(=O)[C@@H](C)N(Cc1cccc(Cl)c1)C(=O)CN(c1cc(Cl)ccc1C)S(C)(=O)=O. The van der Waals surface area contributed by atoms with Crippen molar-refractivity contribution in [1.82, 2.24) is 10.2 Å². The van der Waals surface area contributed by atoms with Crippen LogP contribution in [0.2, 0.25) is 10.0 Å². The molecule has 1 N–H and O–H groups in total. The fraction of sp³-hybridized carbons (Fsp3) is 0.417. The number of sulfonamides is 1. The Balaban J connectivity index is 2.39. The molecule has 2 aromatic carbocycles. The van der Waals surface area contributed by atoms with Crippen LogP contribution in [0.4, 0.5) is 5.69 Å². The van der Waals surface area contributed by atoms with Gasteiger partial charge in [-0.25, -0.2) is 8.42 Å². The number of hydrogen-bond donors (Lipinski definition) is 1. The third kappa shape index (κ3) is 7.89. The van der Waals surface area contributed by atoms with Gasteiger partial charge in [-0.05, 0) is 55.7 Å². The number of anilines is 1. The summed E-state index contributed by atoms with van der Waals surface area (Å²) in [4.78, 5) is 27.7. The first-order valence-corrected chi connectivity index (χ1v) is 13.6. The van der Waals surface area contributed by atoms with E-state index in [0.29, 0.717) is 27.8 Å². The van der Waals surface area contributed by atoms with Gasteiger partial charge in [0, 0.05) is 23.1 Å². The molecule has 0 radical (unpaired) electrons. The van der Waals surface area contributed by atoms with E-state index in [0.717, 1.165) is 29.0 Å². The zero-order valence-corrected chi connectivity index (χ0v) is 22.2. The summed E-state index contributed by atoms with van der Waals surface area (Å²) in [5.74, 6) is -0.836. The second-order valence-corrected chi connectivity index (χ2v) is 11.0. The van der Waals surface area contributed by atoms with Crippen molar-refractivity contribution in [3.63, 3.8) is 0 Å². The molecule has 0 bridgehead atoms. The van der Waals surface area contributed by atoms with Crippen molar-refractivity contribution < 1.29 is 18.0 Å². The second-order valence-electron chi connectivity index (χ2n) is 8.17. The van der Waals surface area contributed by atoms with E-state index < -0.39 is 28.5 Å². The normalized spacial score (nSPS) is 12.2. The Bertz CT molecular complexity index is 1120. The molecule has 0 aromatic heterocycles. The average molecular weight is 529 g/mol. The summed E-state index contributed by atoms with van der Waals surface area (Å²) >= 11 is 12.2. The van der Waals surface area contributed by atoms with Crippen LogP contribution < -0.4 is 9.62 Å². The minimum absolute atomic E-state index is 0.0912. The summed E-state index contributed by atoms with van der Waals surface area (Å²) in [5.41, 5.74) is 1.68. The van der Waals surface area contributed by atoms with E-state index in [1.807, 2.05) is 6.92 Å². The molecule has 1 atom stereocenters. The zero-order valence-electron chi connectivity index (χ0n) is 19.8. The van der Waals surface area contributed by atoms with Gasteiger partial charge in [-0.1, -0.05) is 54.7 Å². The maximum Gasteiger partial charge on any atom is 0.244 e. The van der Waals surface area contributed by atoms with E-state index in [-0.39, 0.29) is 12.5 Å². The zero-order chi connectivity index (χ0) is 25.5. The Labute approximate surface area is 212 Å². The van der Waals surface area contributed by atoms with Gasteiger partial charge in [0.05, 0.1) is 11.9 Å². The molecule has 0 heterocycles. The van der Waals surface area contributed by atoms with E-state index in [4.69, 9.17) is 23.2 Å². The fourth-order valence-corrected chi connectivity index (χ4v) is 4.67. The predicted molar refractivity (Wildman–Crippen MR) is 138 cm³/mol. The molecular weight excluding hydrogens is 497 g/mol. The molecule has 7 nitrogen and oxygen atoms in total. The van der Waals surface area contributed by atoms with Gasteiger partial charge in [0.2, 0.25) is 21.8 Å². The van der Waals surface area contributed by atoms with Crippen LogP contribution in [0.3, 0.4) is 0 Å². The number of unbranched alkanes of at least 4 members (excludes halogenated alkanes) is 1. The number of rotatable bonds is 11. The highest BCUT2D eigenvalue weighted by atomic mass is 35.5. The highest BCUT2D eigenvalue weighted by Crippen LogP contribution is 2.27. The van der Waals surface area contributed by atoms with Crippen LogP contribution in [0.15, 0.2) is 42.5 Å². The number of hydrogen-bond acceptors (Lipinski definition) is 4. The molecule has 0 fully saturated rings. The average Bonchev–Trinajstić information content (AvgIpc) is 2.76. The van der Waals surface area contributed by atoms with Gasteiger partial charge >= 0.3 is 0 Å². The van der Waals surface area contributed by atoms with Crippen molar-refractivity contribution in [2.24, 2.45) is 0 Å². The van der Waals surface area contributed by atoms with Crippen molar-refractivity contribution in [3.05, 3.63) is 63.6 Å². The van der Waals surface area contributed by atoms with Crippen LogP contribution in [0.25, 0.3) is 0 Å². The molecule has 2 rings (SSSR count). The minimum atomic E-state index is -3.82. The summed E-state index contributed by atoms with van der Waals surface area (Å²) in [7, 11) is -3.82. The molecular formula is C24H31Cl2N3O4S. The molecule has 0 aliphatic rings. The molecule has 2 aromatic rings. The number of aryl methyl sites for hydroxylation is 1. The molecule has 0 aliphatic carbocycles. The number of carbonyl (C=O) groups is 2. The maximum atomic E-state index is 13.5. The molecule has 0 spiro atoms. The summed E-state index contributed by atoms with van der Waals surface area (Å²) in [6.07, 6.45) is 2.77. The molecule has 34 heavy (non-hydrogen) atoms. The third-order valence-corrected chi connectivity index (χ3v) is 6.95. The summed E-state index contributed by atoms with van der Waals surface area (Å²) in [6.45, 7) is 5.49. The Morgan fingerprint density at radius 1 is 1.09 bits per heavy atom. The monoisotopic (exact) mass is 527 g/mol. The van der Waals surface area contributed by atoms with E-state index >= 15 is 0 Å². The fourth-order valence-electron chi connectivity index (χ4n) is 3.40. The van der Waals surface area contributed by atoms with Crippen molar-refractivity contribution >= 4 is 50.7 Å². The van der Waals surface area contributed by atoms with Crippen LogP contribution in [0.1, 0.15) is 37.8 Å². The topological polar surface area (TPSA) is 86.8 Å². The molecule has 0 aliphatic heterocycles. The summed E-state index contributed by atoms with van der Waals surface area (Å²) in [5, 5.41) is 3.69. The molecule has 0 unspecified atom stereocenters. The Kier molecular flexibility index (Phi) is 10.2. The number of halogens is 2. The first kappa shape index (κ1) is 28.0. The van der Waals surface area contributed by atoms with E-state index in [1.165, 1.54) is 11.0 Å². The largest absolute Gasteiger partial charge is 0.354 e. The van der Waals surface area contributed by atoms with Gasteiger partial charge in [-0.15, -0.1) is 0 Å². The lowest BCUT2D eigenvalue weighted by Crippen LogP contribution is -2.51. The Hall–Kier alpha value is -2.29. The highest BCUT2D eigenvalue weighted by Gasteiger charge is 2.30. The van der Waals surface area contributed by atoms with E-state index in [1.54, 1.807) is 50.2 Å². The van der Waals surface area contributed by atoms with Crippen LogP contribution in [0.5, 0.6) is 0 Å². The van der Waals surface area contributed by atoms with Crippen molar-refractivity contribution in [2.45, 2.75) is 46.2 Å². The van der Waals surface area contributed by atoms with Crippen molar-refractivity contribution in [2.75, 3.05) is 23.7 Å². The molecule has 10 heteroatoms. The number of amides is 2. The quantitative estimate of drug-likeness (QED) is 0.438. The first-order chi connectivity index (χ1) is 15.9. The maximum absolute atomic E-state index is 13.5. The molecule has 186 valence electrons. The van der Waals surface area contributed by atoms with Gasteiger partial charge in [0.25, 0.3) is 0 Å². The van der Waals surface area contributed by atoms with Crippen LogP contribution >= 0.6 is 23.2 Å². The standard InChI is InChI=1S/C24H31Cl2N3O4S/c1-5-6-12-27-24(31)18(3)28(15-19-8-7-9-20(25)13-19)23(30)16-29(34(4,32)33)22-14-21(26)11-10-17(22)2/h7-11,13-14,18H,5-6,12,15-16H2,1-4H3,(H,27,31)/t18-/m1/s1. The lowest BCUT2D eigenvalue weighted by Gasteiger charge is -2.32. The summed E-state index contributed by atoms with van der Waals surface area (Å²) < 4.78 is 26.3. The minimum Gasteiger partial charge on any atom is -0.354 e. The van der Waals surface area contributed by atoms with Gasteiger partial charge in [-0.2, -0.15) is 0 Å². The number of carbonyl (C=O) groups excluding carboxylic acids is 2. The second kappa shape index (κ2) is 12.4.